The summed E-state index contributed by atoms with van der Waals surface area (Å²) in [6.07, 6.45) is -20.9. The fraction of sp³-hybridized carbons (Fsp3) is 0.0625. The largest absolute Gasteiger partial charge is 0.416 e. The first kappa shape index (κ1) is 53.0. The highest BCUT2D eigenvalue weighted by Gasteiger charge is 2.39. The number of benzene rings is 9. The molecule has 0 N–H and O–H groups in total. The Morgan fingerprint density at radius 3 is 1.05 bits per heavy atom. The zero-order valence-corrected chi connectivity index (χ0v) is 41.3. The first-order chi connectivity index (χ1) is 38.5. The molecule has 0 spiro atoms. The van der Waals surface area contributed by atoms with Crippen LogP contribution in [0, 0.1) is 22.7 Å². The second kappa shape index (κ2) is 20.0. The molecule has 5 nitrogen and oxygen atoms in total. The fourth-order valence-corrected chi connectivity index (χ4v) is 9.91. The third-order valence-corrected chi connectivity index (χ3v) is 13.7. The SMILES string of the molecule is N#Cc1cccc(-c2cc(-c3nc(-c4ccccc4)cc(-c4ccccc4)n3)cc(-c3cccc(C#N)c3)c2-n2c3ccc(-c4cc(C(F)(F)F)cc(C(F)(F)F)c4)cc3c3cc(-c4cc(C(F)(F)F)cc(C(F)(F)F)c4)ccc32)c1. The molecule has 0 amide bonds. The van der Waals surface area contributed by atoms with Crippen LogP contribution < -0.4 is 0 Å². The zero-order chi connectivity index (χ0) is 57.2. The molecule has 11 aromatic rings. The maximum atomic E-state index is 14.3. The van der Waals surface area contributed by atoms with E-state index in [1.54, 1.807) is 65.2 Å². The number of halogens is 12. The summed E-state index contributed by atoms with van der Waals surface area (Å²) in [5, 5.41) is 20.8. The number of hydrogen-bond acceptors (Lipinski definition) is 4. The van der Waals surface area contributed by atoms with Gasteiger partial charge < -0.3 is 4.57 Å². The summed E-state index contributed by atoms with van der Waals surface area (Å²) < 4.78 is 174. The molecule has 0 aliphatic heterocycles. The monoisotopic (exact) mass is 1100 g/mol. The minimum Gasteiger partial charge on any atom is -0.308 e. The van der Waals surface area contributed by atoms with E-state index in [0.717, 1.165) is 11.1 Å². The Morgan fingerprint density at radius 1 is 0.321 bits per heavy atom. The van der Waals surface area contributed by atoms with Crippen molar-refractivity contribution in [1.29, 1.82) is 10.5 Å². The predicted octanol–water partition coefficient (Wildman–Crippen LogP) is 19.1. The lowest BCUT2D eigenvalue weighted by Gasteiger charge is -2.21. The quantitative estimate of drug-likeness (QED) is 0.142. The van der Waals surface area contributed by atoms with Crippen LogP contribution in [0.15, 0.2) is 200 Å². The van der Waals surface area contributed by atoms with Crippen LogP contribution in [0.3, 0.4) is 0 Å². The van der Waals surface area contributed by atoms with E-state index in [9.17, 15) is 63.2 Å². The molecule has 0 unspecified atom stereocenters. The second-order valence-corrected chi connectivity index (χ2v) is 18.9. The van der Waals surface area contributed by atoms with Crippen molar-refractivity contribution < 1.29 is 52.7 Å². The topological polar surface area (TPSA) is 78.3 Å². The number of hydrogen-bond donors (Lipinski definition) is 0. The van der Waals surface area contributed by atoms with Crippen LogP contribution in [0.1, 0.15) is 33.4 Å². The summed E-state index contributed by atoms with van der Waals surface area (Å²) in [5.74, 6) is 0.229. The van der Waals surface area contributed by atoms with Crippen molar-refractivity contribution in [3.05, 3.63) is 234 Å². The number of alkyl halides is 12. The van der Waals surface area contributed by atoms with Crippen molar-refractivity contribution in [2.24, 2.45) is 0 Å². The maximum Gasteiger partial charge on any atom is 0.416 e. The van der Waals surface area contributed by atoms with E-state index in [2.05, 4.69) is 12.1 Å². The second-order valence-electron chi connectivity index (χ2n) is 18.9. The summed E-state index contributed by atoms with van der Waals surface area (Å²) in [4.78, 5) is 10.2. The lowest BCUT2D eigenvalue weighted by molar-refractivity contribution is -0.144. The Labute approximate surface area is 452 Å². The van der Waals surface area contributed by atoms with Gasteiger partial charge in [0.2, 0.25) is 0 Å². The number of aromatic nitrogens is 3. The van der Waals surface area contributed by atoms with Gasteiger partial charge in [-0.05, 0) is 137 Å². The average Bonchev–Trinajstić information content (AvgIpc) is 2.96. The van der Waals surface area contributed by atoms with Crippen molar-refractivity contribution >= 4 is 21.8 Å². The van der Waals surface area contributed by atoms with Crippen LogP contribution in [0.4, 0.5) is 52.7 Å². The van der Waals surface area contributed by atoms with Gasteiger partial charge in [-0.15, -0.1) is 0 Å². The highest BCUT2D eigenvalue weighted by Crippen LogP contribution is 2.48. The fourth-order valence-electron chi connectivity index (χ4n) is 9.91. The van der Waals surface area contributed by atoms with Crippen LogP contribution in [0.5, 0.6) is 0 Å². The van der Waals surface area contributed by atoms with E-state index in [1.807, 2.05) is 66.7 Å². The first-order valence-corrected chi connectivity index (χ1v) is 24.4. The van der Waals surface area contributed by atoms with E-state index in [1.165, 1.54) is 36.4 Å². The Morgan fingerprint density at radius 2 is 0.691 bits per heavy atom. The van der Waals surface area contributed by atoms with Gasteiger partial charge in [-0.3, -0.25) is 0 Å². The van der Waals surface area contributed by atoms with Gasteiger partial charge in [0.1, 0.15) is 0 Å². The molecule has 0 radical (unpaired) electrons. The molecule has 11 rings (SSSR count). The van der Waals surface area contributed by atoms with E-state index in [0.29, 0.717) is 69.2 Å². The van der Waals surface area contributed by atoms with Crippen LogP contribution in [-0.4, -0.2) is 14.5 Å². The van der Waals surface area contributed by atoms with Gasteiger partial charge in [-0.25, -0.2) is 9.97 Å². The van der Waals surface area contributed by atoms with Crippen molar-refractivity contribution in [3.8, 4) is 96.2 Å². The van der Waals surface area contributed by atoms with Crippen LogP contribution >= 0.6 is 0 Å². The Hall–Kier alpha value is -10.0. The van der Waals surface area contributed by atoms with E-state index in [-0.39, 0.29) is 62.0 Å². The first-order valence-electron chi connectivity index (χ1n) is 24.4. The smallest absolute Gasteiger partial charge is 0.308 e. The van der Waals surface area contributed by atoms with Crippen LogP contribution in [0.2, 0.25) is 0 Å². The molecular formula is C64H33F12N5. The van der Waals surface area contributed by atoms with Gasteiger partial charge in [0.15, 0.2) is 5.82 Å². The molecule has 17 heteroatoms. The summed E-state index contributed by atoms with van der Waals surface area (Å²) in [7, 11) is 0. The zero-order valence-electron chi connectivity index (χ0n) is 41.3. The van der Waals surface area contributed by atoms with E-state index >= 15 is 0 Å². The van der Waals surface area contributed by atoms with Gasteiger partial charge in [-0.2, -0.15) is 63.2 Å². The lowest BCUT2D eigenvalue weighted by Crippen LogP contribution is -2.11. The summed E-state index contributed by atoms with van der Waals surface area (Å²) >= 11 is 0. The molecular weight excluding hydrogens is 1070 g/mol. The number of nitriles is 2. The van der Waals surface area contributed by atoms with Crippen molar-refractivity contribution in [2.45, 2.75) is 24.7 Å². The lowest BCUT2D eigenvalue weighted by atomic mass is 9.91. The minimum atomic E-state index is -5.23. The van der Waals surface area contributed by atoms with Crippen LogP contribution in [0.25, 0.3) is 106 Å². The average molecular weight is 1100 g/mol. The molecule has 0 aliphatic rings. The maximum absolute atomic E-state index is 14.3. The molecule has 398 valence electrons. The molecule has 9 aromatic carbocycles. The number of rotatable bonds is 8. The predicted molar refractivity (Wildman–Crippen MR) is 284 cm³/mol. The van der Waals surface area contributed by atoms with Gasteiger partial charge in [0.05, 0.1) is 73.6 Å². The molecule has 0 saturated carbocycles. The molecule has 0 aliphatic carbocycles. The summed E-state index contributed by atoms with van der Waals surface area (Å²) in [6.45, 7) is 0. The third kappa shape index (κ3) is 10.4. The molecule has 0 fully saturated rings. The number of nitrogens with zero attached hydrogens (tertiary/aromatic N) is 5. The van der Waals surface area contributed by atoms with Gasteiger partial charge >= 0.3 is 24.7 Å². The number of fused-ring (bicyclic) bond motifs is 3. The van der Waals surface area contributed by atoms with Gasteiger partial charge in [0, 0.05) is 38.6 Å². The molecule has 81 heavy (non-hydrogen) atoms. The van der Waals surface area contributed by atoms with Gasteiger partial charge in [0.25, 0.3) is 0 Å². The Balaban J connectivity index is 1.28. The highest BCUT2D eigenvalue weighted by atomic mass is 19.4. The van der Waals surface area contributed by atoms with Crippen molar-refractivity contribution in [1.82, 2.24) is 14.5 Å². The Bertz CT molecular complexity index is 4040. The highest BCUT2D eigenvalue weighted by molar-refractivity contribution is 6.13. The van der Waals surface area contributed by atoms with E-state index in [4.69, 9.17) is 9.97 Å². The summed E-state index contributed by atoms with van der Waals surface area (Å²) in [5.41, 5.74) is -1.95. The minimum absolute atomic E-state index is 0.0226. The third-order valence-electron chi connectivity index (χ3n) is 13.7. The summed E-state index contributed by atoms with van der Waals surface area (Å²) in [6, 6.07) is 51.6. The van der Waals surface area contributed by atoms with E-state index < -0.39 is 58.1 Å². The van der Waals surface area contributed by atoms with Crippen LogP contribution in [-0.2, 0) is 24.7 Å². The standard InChI is InChI=1S/C64H33F12N5/c65-61(66,67)47-23-44(24-48(31-47)62(68,69)70)40-17-19-57-53(27-40)54-28-41(45-25-49(63(71,72)73)32-50(26-45)64(74,75)76)18-20-58(54)81(57)59-51(42-15-7-9-36(21-42)34-77)29-46(30-52(59)43-16-8-10-37(22-43)35-78)60-79-55(38-11-3-1-4-12-38)33-56(80-60)39-13-5-2-6-14-39/h1-33H. The molecule has 0 atom stereocenters. The Kier molecular flexibility index (Phi) is 13.1. The molecule has 0 saturated heterocycles. The van der Waals surface area contributed by atoms with Gasteiger partial charge in [-0.1, -0.05) is 97.1 Å². The van der Waals surface area contributed by atoms with Crippen molar-refractivity contribution in [3.63, 3.8) is 0 Å². The molecule has 0 bridgehead atoms. The molecule has 2 aromatic heterocycles. The van der Waals surface area contributed by atoms with Crippen molar-refractivity contribution in [2.75, 3.05) is 0 Å². The normalized spacial score (nSPS) is 12.2. The molecule has 2 heterocycles.